The summed E-state index contributed by atoms with van der Waals surface area (Å²) < 4.78 is 5.17. The highest BCUT2D eigenvalue weighted by atomic mass is 35.5. The van der Waals surface area contributed by atoms with Crippen LogP contribution in [0.25, 0.3) is 0 Å². The van der Waals surface area contributed by atoms with E-state index in [4.69, 9.17) is 16.3 Å². The monoisotopic (exact) mass is 285 g/mol. The number of hydrogen-bond donors (Lipinski definition) is 2. The minimum absolute atomic E-state index is 0.0980. The Morgan fingerprint density at radius 1 is 1.47 bits per heavy atom. The molecule has 0 aliphatic rings. The van der Waals surface area contributed by atoms with Crippen LogP contribution in [0.2, 0.25) is 5.02 Å². The zero-order valence-corrected chi connectivity index (χ0v) is 12.3. The predicted octanol–water partition coefficient (Wildman–Crippen LogP) is 1.44. The summed E-state index contributed by atoms with van der Waals surface area (Å²) in [6.07, 6.45) is 0. The summed E-state index contributed by atoms with van der Waals surface area (Å²) in [5.41, 5.74) is 0.585. The van der Waals surface area contributed by atoms with Gasteiger partial charge in [0.25, 0.3) is 0 Å². The molecule has 0 saturated heterocycles. The number of carbonyl (C=O) groups is 1. The van der Waals surface area contributed by atoms with Crippen molar-refractivity contribution in [2.75, 3.05) is 46.2 Å². The van der Waals surface area contributed by atoms with Crippen molar-refractivity contribution in [2.24, 2.45) is 0 Å². The molecular formula is C13H20ClN3O2. The van der Waals surface area contributed by atoms with E-state index in [1.165, 1.54) is 0 Å². The lowest BCUT2D eigenvalue weighted by Crippen LogP contribution is -2.34. The fourth-order valence-electron chi connectivity index (χ4n) is 1.59. The van der Waals surface area contributed by atoms with Gasteiger partial charge in [0.1, 0.15) is 5.75 Å². The van der Waals surface area contributed by atoms with Gasteiger partial charge < -0.3 is 15.4 Å². The number of amides is 1. The summed E-state index contributed by atoms with van der Waals surface area (Å²) >= 11 is 5.91. The molecular weight excluding hydrogens is 266 g/mol. The highest BCUT2D eigenvalue weighted by molar-refractivity contribution is 6.31. The van der Waals surface area contributed by atoms with Crippen LogP contribution in [0.15, 0.2) is 18.2 Å². The Morgan fingerprint density at radius 3 is 2.84 bits per heavy atom. The first kappa shape index (κ1) is 15.8. The van der Waals surface area contributed by atoms with Crippen molar-refractivity contribution in [3.05, 3.63) is 23.2 Å². The van der Waals surface area contributed by atoms with E-state index in [-0.39, 0.29) is 5.91 Å². The molecule has 5 nitrogen and oxygen atoms in total. The molecule has 0 saturated carbocycles. The molecule has 1 aromatic carbocycles. The molecule has 0 aliphatic heterocycles. The average Bonchev–Trinajstić information content (AvgIpc) is 2.36. The number of methoxy groups -OCH3 is 1. The molecule has 0 fully saturated rings. The predicted molar refractivity (Wildman–Crippen MR) is 78.1 cm³/mol. The minimum Gasteiger partial charge on any atom is -0.495 e. The minimum atomic E-state index is -0.0980. The molecule has 0 aliphatic carbocycles. The summed E-state index contributed by atoms with van der Waals surface area (Å²) in [4.78, 5) is 13.8. The van der Waals surface area contributed by atoms with E-state index in [1.54, 1.807) is 25.3 Å². The summed E-state index contributed by atoms with van der Waals surface area (Å²) in [6, 6.07) is 5.11. The second-order valence-corrected chi connectivity index (χ2v) is 4.67. The van der Waals surface area contributed by atoms with E-state index < -0.39 is 0 Å². The van der Waals surface area contributed by atoms with Crippen LogP contribution in [0.4, 0.5) is 5.69 Å². The van der Waals surface area contributed by atoms with E-state index in [0.717, 1.165) is 13.1 Å². The second-order valence-electron chi connectivity index (χ2n) is 4.23. The van der Waals surface area contributed by atoms with Gasteiger partial charge in [-0.05, 0) is 32.3 Å². The molecule has 19 heavy (non-hydrogen) atoms. The van der Waals surface area contributed by atoms with E-state index in [2.05, 4.69) is 10.6 Å². The van der Waals surface area contributed by atoms with Crippen LogP contribution in [0.1, 0.15) is 0 Å². The maximum absolute atomic E-state index is 11.9. The van der Waals surface area contributed by atoms with E-state index >= 15 is 0 Å². The molecule has 0 bridgehead atoms. The molecule has 0 heterocycles. The van der Waals surface area contributed by atoms with Crippen molar-refractivity contribution in [3.63, 3.8) is 0 Å². The summed E-state index contributed by atoms with van der Waals surface area (Å²) in [5, 5.41) is 6.39. The molecule has 0 atom stereocenters. The molecule has 2 N–H and O–H groups in total. The first-order valence-corrected chi connectivity index (χ1v) is 6.41. The number of ether oxygens (including phenoxy) is 1. The van der Waals surface area contributed by atoms with Crippen molar-refractivity contribution in [3.8, 4) is 5.75 Å². The van der Waals surface area contributed by atoms with Crippen molar-refractivity contribution in [2.45, 2.75) is 0 Å². The van der Waals surface area contributed by atoms with Gasteiger partial charge in [-0.25, -0.2) is 0 Å². The van der Waals surface area contributed by atoms with Crippen LogP contribution in [-0.2, 0) is 4.79 Å². The largest absolute Gasteiger partial charge is 0.495 e. The van der Waals surface area contributed by atoms with E-state index in [9.17, 15) is 4.79 Å². The molecule has 0 spiro atoms. The van der Waals surface area contributed by atoms with Crippen LogP contribution in [0.5, 0.6) is 5.75 Å². The van der Waals surface area contributed by atoms with Gasteiger partial charge in [0, 0.05) is 18.1 Å². The fraction of sp³-hybridized carbons (Fsp3) is 0.462. The van der Waals surface area contributed by atoms with Crippen LogP contribution in [0.3, 0.4) is 0 Å². The number of anilines is 1. The van der Waals surface area contributed by atoms with Gasteiger partial charge in [-0.3, -0.25) is 9.69 Å². The first-order chi connectivity index (χ1) is 9.06. The normalized spacial score (nSPS) is 10.6. The van der Waals surface area contributed by atoms with Gasteiger partial charge in [0.15, 0.2) is 0 Å². The second kappa shape index (κ2) is 7.99. The van der Waals surface area contributed by atoms with Crippen LogP contribution in [0, 0.1) is 0 Å². The number of likely N-dealkylation sites (N-methyl/N-ethyl adjacent to an activating group) is 2. The lowest BCUT2D eigenvalue weighted by molar-refractivity contribution is -0.117. The number of rotatable bonds is 7. The number of nitrogens with zero attached hydrogens (tertiary/aromatic N) is 1. The Kier molecular flexibility index (Phi) is 6.62. The number of halogens is 1. The molecule has 0 unspecified atom stereocenters. The van der Waals surface area contributed by atoms with Gasteiger partial charge in [0.05, 0.1) is 19.3 Å². The van der Waals surface area contributed by atoms with Gasteiger partial charge in [-0.2, -0.15) is 0 Å². The highest BCUT2D eigenvalue weighted by Crippen LogP contribution is 2.27. The van der Waals surface area contributed by atoms with Crippen molar-refractivity contribution >= 4 is 23.2 Å². The zero-order chi connectivity index (χ0) is 14.3. The van der Waals surface area contributed by atoms with Crippen LogP contribution < -0.4 is 15.4 Å². The average molecular weight is 286 g/mol. The van der Waals surface area contributed by atoms with Crippen molar-refractivity contribution in [1.29, 1.82) is 0 Å². The summed E-state index contributed by atoms with van der Waals surface area (Å²) in [5.74, 6) is 0.495. The lowest BCUT2D eigenvalue weighted by Gasteiger charge is -2.16. The fourth-order valence-corrected chi connectivity index (χ4v) is 1.77. The van der Waals surface area contributed by atoms with Crippen molar-refractivity contribution < 1.29 is 9.53 Å². The van der Waals surface area contributed by atoms with Crippen molar-refractivity contribution in [1.82, 2.24) is 10.2 Å². The Balaban J connectivity index is 2.59. The first-order valence-electron chi connectivity index (χ1n) is 6.03. The van der Waals surface area contributed by atoms with Gasteiger partial charge in [-0.15, -0.1) is 0 Å². The van der Waals surface area contributed by atoms with E-state index in [0.29, 0.717) is 23.0 Å². The third kappa shape index (κ3) is 5.46. The number of carbonyl (C=O) groups excluding carboxylic acids is 1. The zero-order valence-electron chi connectivity index (χ0n) is 11.5. The molecule has 1 aromatic rings. The molecule has 0 radical (unpaired) electrons. The third-order valence-electron chi connectivity index (χ3n) is 2.59. The Hall–Kier alpha value is -1.30. The number of benzene rings is 1. The molecule has 6 heteroatoms. The van der Waals surface area contributed by atoms with Gasteiger partial charge in [-0.1, -0.05) is 11.6 Å². The maximum Gasteiger partial charge on any atom is 0.238 e. The summed E-state index contributed by atoms with van der Waals surface area (Å²) in [6.45, 7) is 1.96. The Labute approximate surface area is 118 Å². The third-order valence-corrected chi connectivity index (χ3v) is 2.83. The number of nitrogens with one attached hydrogen (secondary N) is 2. The van der Waals surface area contributed by atoms with Gasteiger partial charge >= 0.3 is 0 Å². The summed E-state index contributed by atoms with van der Waals surface area (Å²) in [7, 11) is 5.33. The topological polar surface area (TPSA) is 53.6 Å². The molecule has 106 valence electrons. The Bertz CT molecular complexity index is 426. The number of hydrogen-bond acceptors (Lipinski definition) is 4. The Morgan fingerprint density at radius 2 is 2.21 bits per heavy atom. The lowest BCUT2D eigenvalue weighted by atomic mass is 10.3. The van der Waals surface area contributed by atoms with Gasteiger partial charge in [0.2, 0.25) is 5.91 Å². The van der Waals surface area contributed by atoms with E-state index in [1.807, 2.05) is 19.0 Å². The molecule has 1 amide bonds. The SMILES string of the molecule is CNCCN(C)CC(=O)Nc1cc(Cl)ccc1OC. The standard InChI is InChI=1S/C13H20ClN3O2/c1-15-6-7-17(2)9-13(18)16-11-8-10(14)4-5-12(11)19-3/h4-5,8,15H,6-7,9H2,1-3H3,(H,16,18). The van der Waals surface area contributed by atoms with Crippen LogP contribution in [-0.4, -0.2) is 51.6 Å². The molecule has 1 rings (SSSR count). The maximum atomic E-state index is 11.9. The highest BCUT2D eigenvalue weighted by Gasteiger charge is 2.10. The quantitative estimate of drug-likeness (QED) is 0.796. The molecule has 0 aromatic heterocycles. The smallest absolute Gasteiger partial charge is 0.238 e. The van der Waals surface area contributed by atoms with Crippen LogP contribution >= 0.6 is 11.6 Å².